The fraction of sp³-hybridized carbons (Fsp3) is 0.583. The van der Waals surface area contributed by atoms with Crippen LogP contribution in [0.3, 0.4) is 0 Å². The highest BCUT2D eigenvalue weighted by molar-refractivity contribution is 5.03. The lowest BCUT2D eigenvalue weighted by molar-refractivity contribution is 0.331. The molecule has 1 aromatic rings. The Morgan fingerprint density at radius 1 is 1.50 bits per heavy atom. The van der Waals surface area contributed by atoms with Crippen molar-refractivity contribution in [1.29, 1.82) is 0 Å². The van der Waals surface area contributed by atoms with Gasteiger partial charge in [-0.05, 0) is 31.0 Å². The van der Waals surface area contributed by atoms with Gasteiger partial charge in [0.25, 0.3) is 0 Å². The van der Waals surface area contributed by atoms with Crippen LogP contribution in [0.5, 0.6) is 0 Å². The monoisotopic (exact) mass is 190 g/mol. The van der Waals surface area contributed by atoms with Gasteiger partial charge in [-0.1, -0.05) is 13.0 Å². The van der Waals surface area contributed by atoms with Crippen molar-refractivity contribution in [1.82, 2.24) is 9.88 Å². The summed E-state index contributed by atoms with van der Waals surface area (Å²) in [5.41, 5.74) is 1.21. The summed E-state index contributed by atoms with van der Waals surface area (Å²) in [7, 11) is 0. The molecule has 2 nitrogen and oxygen atoms in total. The molecule has 1 aliphatic rings. The Hall–Kier alpha value is -0.890. The average molecular weight is 190 g/mol. The Bertz CT molecular complexity index is 271. The van der Waals surface area contributed by atoms with E-state index in [1.165, 1.54) is 31.7 Å². The molecule has 0 bridgehead atoms. The van der Waals surface area contributed by atoms with Gasteiger partial charge in [-0.2, -0.15) is 0 Å². The summed E-state index contributed by atoms with van der Waals surface area (Å²) in [6.07, 6.45) is 4.33. The largest absolute Gasteiger partial charge is 0.303 e. The Morgan fingerprint density at radius 3 is 3.07 bits per heavy atom. The zero-order valence-electron chi connectivity index (χ0n) is 8.82. The molecule has 0 N–H and O–H groups in total. The van der Waals surface area contributed by atoms with E-state index in [1.54, 1.807) is 0 Å². The zero-order valence-corrected chi connectivity index (χ0v) is 8.82. The van der Waals surface area contributed by atoms with Crippen molar-refractivity contribution in [2.45, 2.75) is 19.8 Å². The van der Waals surface area contributed by atoms with Crippen LogP contribution in [0.15, 0.2) is 24.4 Å². The van der Waals surface area contributed by atoms with Gasteiger partial charge in [0.15, 0.2) is 0 Å². The van der Waals surface area contributed by atoms with E-state index in [9.17, 15) is 0 Å². The van der Waals surface area contributed by atoms with Gasteiger partial charge >= 0.3 is 0 Å². The fourth-order valence-corrected chi connectivity index (χ4v) is 2.05. The summed E-state index contributed by atoms with van der Waals surface area (Å²) in [4.78, 5) is 6.87. The van der Waals surface area contributed by atoms with Crippen LogP contribution in [0.1, 0.15) is 19.0 Å². The number of hydrogen-bond acceptors (Lipinski definition) is 2. The predicted octanol–water partition coefficient (Wildman–Crippen LogP) is 1.97. The van der Waals surface area contributed by atoms with Crippen molar-refractivity contribution in [3.63, 3.8) is 0 Å². The zero-order chi connectivity index (χ0) is 9.80. The van der Waals surface area contributed by atoms with Crippen LogP contribution < -0.4 is 0 Å². The van der Waals surface area contributed by atoms with Crippen molar-refractivity contribution in [2.75, 3.05) is 19.6 Å². The molecule has 0 aromatic carbocycles. The first-order valence-electron chi connectivity index (χ1n) is 5.47. The standard InChI is InChI=1S/C12H18N2/c1-11-5-8-14(10-11)9-6-12-4-2-3-7-13-12/h2-4,7,11H,5-6,8-10H2,1H3. The second-order valence-electron chi connectivity index (χ2n) is 4.27. The SMILES string of the molecule is CC1CCN(CCc2ccccn2)C1. The van der Waals surface area contributed by atoms with Crippen molar-refractivity contribution in [3.8, 4) is 0 Å². The van der Waals surface area contributed by atoms with Gasteiger partial charge in [-0.3, -0.25) is 4.98 Å². The highest BCUT2D eigenvalue weighted by Gasteiger charge is 2.17. The summed E-state index contributed by atoms with van der Waals surface area (Å²) < 4.78 is 0. The minimum absolute atomic E-state index is 0.888. The molecule has 0 aliphatic carbocycles. The normalized spacial score (nSPS) is 22.8. The molecule has 0 spiro atoms. The van der Waals surface area contributed by atoms with E-state index in [4.69, 9.17) is 0 Å². The van der Waals surface area contributed by atoms with E-state index in [0.29, 0.717) is 0 Å². The van der Waals surface area contributed by atoms with Gasteiger partial charge in [-0.25, -0.2) is 0 Å². The molecule has 1 atom stereocenters. The topological polar surface area (TPSA) is 16.1 Å². The lowest BCUT2D eigenvalue weighted by Crippen LogP contribution is -2.23. The second kappa shape index (κ2) is 4.56. The van der Waals surface area contributed by atoms with Crippen LogP contribution in [-0.4, -0.2) is 29.5 Å². The third-order valence-corrected chi connectivity index (χ3v) is 2.92. The van der Waals surface area contributed by atoms with E-state index < -0.39 is 0 Å². The van der Waals surface area contributed by atoms with E-state index in [0.717, 1.165) is 12.3 Å². The molecule has 2 heteroatoms. The maximum Gasteiger partial charge on any atom is 0.0416 e. The molecular formula is C12H18N2. The van der Waals surface area contributed by atoms with Gasteiger partial charge < -0.3 is 4.90 Å². The van der Waals surface area contributed by atoms with Crippen molar-refractivity contribution in [3.05, 3.63) is 30.1 Å². The molecule has 0 radical (unpaired) electrons. The second-order valence-corrected chi connectivity index (χ2v) is 4.27. The lowest BCUT2D eigenvalue weighted by Gasteiger charge is -2.14. The Labute approximate surface area is 86.0 Å². The van der Waals surface area contributed by atoms with E-state index in [-0.39, 0.29) is 0 Å². The summed E-state index contributed by atoms with van der Waals surface area (Å²) in [6, 6.07) is 6.15. The predicted molar refractivity (Wildman–Crippen MR) is 58.2 cm³/mol. The summed E-state index contributed by atoms with van der Waals surface area (Å²) in [5.74, 6) is 0.888. The number of nitrogens with zero attached hydrogens (tertiary/aromatic N) is 2. The molecular weight excluding hydrogens is 172 g/mol. The molecule has 0 amide bonds. The van der Waals surface area contributed by atoms with Gasteiger partial charge in [0.1, 0.15) is 0 Å². The van der Waals surface area contributed by atoms with Crippen LogP contribution >= 0.6 is 0 Å². The summed E-state index contributed by atoms with van der Waals surface area (Å²) >= 11 is 0. The number of likely N-dealkylation sites (tertiary alicyclic amines) is 1. The smallest absolute Gasteiger partial charge is 0.0416 e. The van der Waals surface area contributed by atoms with E-state index >= 15 is 0 Å². The Kier molecular flexibility index (Phi) is 3.14. The third-order valence-electron chi connectivity index (χ3n) is 2.92. The number of rotatable bonds is 3. The quantitative estimate of drug-likeness (QED) is 0.724. The number of aromatic nitrogens is 1. The van der Waals surface area contributed by atoms with Crippen molar-refractivity contribution >= 4 is 0 Å². The number of hydrogen-bond donors (Lipinski definition) is 0. The van der Waals surface area contributed by atoms with Gasteiger partial charge in [0.2, 0.25) is 0 Å². The maximum atomic E-state index is 4.33. The molecule has 1 fully saturated rings. The van der Waals surface area contributed by atoms with E-state index in [2.05, 4.69) is 28.9 Å². The maximum absolute atomic E-state index is 4.33. The first-order chi connectivity index (χ1) is 6.84. The number of pyridine rings is 1. The molecule has 0 saturated carbocycles. The lowest BCUT2D eigenvalue weighted by atomic mass is 10.2. The Balaban J connectivity index is 1.78. The van der Waals surface area contributed by atoms with E-state index in [1.807, 2.05) is 12.3 Å². The van der Waals surface area contributed by atoms with Crippen LogP contribution in [0.4, 0.5) is 0 Å². The van der Waals surface area contributed by atoms with Gasteiger partial charge in [0.05, 0.1) is 0 Å². The van der Waals surface area contributed by atoms with Crippen LogP contribution in [0, 0.1) is 5.92 Å². The van der Waals surface area contributed by atoms with Gasteiger partial charge in [0, 0.05) is 31.4 Å². The minimum Gasteiger partial charge on any atom is -0.303 e. The van der Waals surface area contributed by atoms with Crippen LogP contribution in [-0.2, 0) is 6.42 Å². The summed E-state index contributed by atoms with van der Waals surface area (Å²) in [6.45, 7) is 6.04. The summed E-state index contributed by atoms with van der Waals surface area (Å²) in [5, 5.41) is 0. The van der Waals surface area contributed by atoms with Crippen LogP contribution in [0.2, 0.25) is 0 Å². The fourth-order valence-electron chi connectivity index (χ4n) is 2.05. The first kappa shape index (κ1) is 9.66. The molecule has 1 unspecified atom stereocenters. The minimum atomic E-state index is 0.888. The molecule has 14 heavy (non-hydrogen) atoms. The molecule has 1 aromatic heterocycles. The first-order valence-corrected chi connectivity index (χ1v) is 5.47. The van der Waals surface area contributed by atoms with Gasteiger partial charge in [-0.15, -0.1) is 0 Å². The van der Waals surface area contributed by atoms with Crippen molar-refractivity contribution in [2.24, 2.45) is 5.92 Å². The molecule has 1 aliphatic heterocycles. The third kappa shape index (κ3) is 2.55. The van der Waals surface area contributed by atoms with Crippen molar-refractivity contribution < 1.29 is 0 Å². The molecule has 76 valence electrons. The highest BCUT2D eigenvalue weighted by Crippen LogP contribution is 2.14. The Morgan fingerprint density at radius 2 is 2.43 bits per heavy atom. The molecule has 1 saturated heterocycles. The average Bonchev–Trinajstić information content (AvgIpc) is 2.63. The molecule has 2 heterocycles. The molecule has 2 rings (SSSR count). The van der Waals surface area contributed by atoms with Crippen LogP contribution in [0.25, 0.3) is 0 Å². The highest BCUT2D eigenvalue weighted by atomic mass is 15.1.